The van der Waals surface area contributed by atoms with Crippen molar-refractivity contribution in [2.24, 2.45) is 0 Å². The molecule has 0 radical (unpaired) electrons. The number of carbonyl (C=O) groups is 3. The third-order valence-electron chi connectivity index (χ3n) is 4.10. The lowest BCUT2D eigenvalue weighted by Gasteiger charge is -2.13. The molecular weight excluding hydrogens is 362 g/mol. The summed E-state index contributed by atoms with van der Waals surface area (Å²) in [5, 5.41) is 30.7. The Morgan fingerprint density at radius 1 is 0.679 bits per heavy atom. The molecule has 0 fully saturated rings. The number of phenolic OH excluding ortho intramolecular Hbond substituents is 1. The number of hydrogen-bond acceptors (Lipinski definition) is 4. The van der Waals surface area contributed by atoms with Crippen molar-refractivity contribution < 1.29 is 29.7 Å². The van der Waals surface area contributed by atoms with E-state index >= 15 is 0 Å². The number of carboxylic acid groups (broad SMARTS) is 2. The average Bonchev–Trinajstić information content (AvgIpc) is 2.69. The van der Waals surface area contributed by atoms with Gasteiger partial charge in [0.15, 0.2) is 0 Å². The van der Waals surface area contributed by atoms with E-state index in [9.17, 15) is 29.7 Å². The first kappa shape index (κ1) is 18.7. The van der Waals surface area contributed by atoms with Crippen LogP contribution in [-0.2, 0) is 0 Å². The van der Waals surface area contributed by atoms with Gasteiger partial charge < -0.3 is 20.6 Å². The van der Waals surface area contributed by atoms with Crippen LogP contribution < -0.4 is 5.32 Å². The second kappa shape index (κ2) is 7.63. The summed E-state index contributed by atoms with van der Waals surface area (Å²) < 4.78 is 0. The number of carbonyl (C=O) groups excluding carboxylic acids is 1. The minimum Gasteiger partial charge on any atom is -0.508 e. The van der Waals surface area contributed by atoms with Crippen LogP contribution in [0.1, 0.15) is 31.1 Å². The minimum absolute atomic E-state index is 0.0108. The molecule has 140 valence electrons. The van der Waals surface area contributed by atoms with Gasteiger partial charge >= 0.3 is 11.9 Å². The predicted molar refractivity (Wildman–Crippen MR) is 102 cm³/mol. The Hall–Kier alpha value is -4.13. The number of hydrogen-bond donors (Lipinski definition) is 4. The molecule has 0 aliphatic heterocycles. The van der Waals surface area contributed by atoms with E-state index < -0.39 is 17.8 Å². The first-order valence-electron chi connectivity index (χ1n) is 8.18. The van der Waals surface area contributed by atoms with E-state index in [1.807, 2.05) is 0 Å². The standard InChI is InChI=1S/C21H15NO6/c23-12-9-10-18(17(11-12)21(27)28)22-19(24)15-7-3-1-5-13(15)14-6-2-4-8-16(14)20(25)26/h1-11,23H,(H,22,24)(H,25,26)(H,27,28). The summed E-state index contributed by atoms with van der Waals surface area (Å²) in [6.45, 7) is 0. The predicted octanol–water partition coefficient (Wildman–Crippen LogP) is 3.71. The van der Waals surface area contributed by atoms with Crippen LogP contribution in [0.2, 0.25) is 0 Å². The van der Waals surface area contributed by atoms with Gasteiger partial charge in [-0.05, 0) is 41.5 Å². The van der Waals surface area contributed by atoms with Gasteiger partial charge in [-0.1, -0.05) is 36.4 Å². The molecule has 4 N–H and O–H groups in total. The summed E-state index contributed by atoms with van der Waals surface area (Å²) in [5.74, 6) is -3.29. The van der Waals surface area contributed by atoms with Crippen LogP contribution in [0.3, 0.4) is 0 Å². The second-order valence-electron chi connectivity index (χ2n) is 5.89. The van der Waals surface area contributed by atoms with E-state index in [2.05, 4.69) is 5.32 Å². The molecule has 0 aromatic heterocycles. The lowest BCUT2D eigenvalue weighted by Crippen LogP contribution is -2.16. The van der Waals surface area contributed by atoms with Crippen molar-refractivity contribution in [3.63, 3.8) is 0 Å². The van der Waals surface area contributed by atoms with Crippen molar-refractivity contribution in [2.75, 3.05) is 5.32 Å². The first-order chi connectivity index (χ1) is 13.4. The molecule has 0 unspecified atom stereocenters. The van der Waals surface area contributed by atoms with Crippen molar-refractivity contribution in [2.45, 2.75) is 0 Å². The Kier molecular flexibility index (Phi) is 5.08. The number of aromatic hydroxyl groups is 1. The van der Waals surface area contributed by atoms with E-state index in [0.29, 0.717) is 11.1 Å². The molecule has 7 heteroatoms. The maximum absolute atomic E-state index is 12.8. The van der Waals surface area contributed by atoms with Crippen LogP contribution in [0.25, 0.3) is 11.1 Å². The molecule has 0 bridgehead atoms. The molecule has 0 aliphatic carbocycles. The fraction of sp³-hybridized carbons (Fsp3) is 0. The van der Waals surface area contributed by atoms with Crippen molar-refractivity contribution >= 4 is 23.5 Å². The van der Waals surface area contributed by atoms with E-state index in [1.54, 1.807) is 36.4 Å². The van der Waals surface area contributed by atoms with Crippen LogP contribution in [-0.4, -0.2) is 33.2 Å². The quantitative estimate of drug-likeness (QED) is 0.503. The number of aromatic carboxylic acids is 2. The van der Waals surface area contributed by atoms with Crippen molar-refractivity contribution in [1.82, 2.24) is 0 Å². The van der Waals surface area contributed by atoms with Gasteiger partial charge in [0.25, 0.3) is 5.91 Å². The minimum atomic E-state index is -1.31. The molecule has 0 atom stereocenters. The Labute approximate surface area is 159 Å². The molecule has 3 aromatic carbocycles. The van der Waals surface area contributed by atoms with Gasteiger partial charge in [-0.2, -0.15) is 0 Å². The molecule has 0 heterocycles. The summed E-state index contributed by atoms with van der Waals surface area (Å²) in [6.07, 6.45) is 0. The zero-order valence-corrected chi connectivity index (χ0v) is 14.4. The Balaban J connectivity index is 2.05. The fourth-order valence-corrected chi connectivity index (χ4v) is 2.83. The van der Waals surface area contributed by atoms with E-state index in [1.165, 1.54) is 24.3 Å². The highest BCUT2D eigenvalue weighted by atomic mass is 16.4. The molecule has 0 aliphatic rings. The number of carboxylic acids is 2. The number of anilines is 1. The average molecular weight is 377 g/mol. The summed E-state index contributed by atoms with van der Waals surface area (Å²) in [6, 6.07) is 16.3. The molecule has 3 rings (SSSR count). The van der Waals surface area contributed by atoms with E-state index in [0.717, 1.165) is 6.07 Å². The van der Waals surface area contributed by atoms with Crippen LogP contribution >= 0.6 is 0 Å². The van der Waals surface area contributed by atoms with Gasteiger partial charge in [-0.25, -0.2) is 9.59 Å². The Morgan fingerprint density at radius 2 is 1.21 bits per heavy atom. The molecular formula is C21H15NO6. The largest absolute Gasteiger partial charge is 0.508 e. The molecule has 3 aromatic rings. The van der Waals surface area contributed by atoms with Crippen LogP contribution in [0.5, 0.6) is 5.75 Å². The number of rotatable bonds is 5. The monoisotopic (exact) mass is 377 g/mol. The van der Waals surface area contributed by atoms with Gasteiger partial charge in [0.2, 0.25) is 0 Å². The van der Waals surface area contributed by atoms with Crippen LogP contribution in [0, 0.1) is 0 Å². The van der Waals surface area contributed by atoms with Crippen LogP contribution in [0.15, 0.2) is 66.7 Å². The number of amides is 1. The smallest absolute Gasteiger partial charge is 0.337 e. The van der Waals surface area contributed by atoms with E-state index in [4.69, 9.17) is 0 Å². The summed E-state index contributed by atoms with van der Waals surface area (Å²) in [7, 11) is 0. The van der Waals surface area contributed by atoms with Gasteiger partial charge in [-0.3, -0.25) is 4.79 Å². The van der Waals surface area contributed by atoms with Gasteiger partial charge in [0.1, 0.15) is 5.75 Å². The highest BCUT2D eigenvalue weighted by Crippen LogP contribution is 2.29. The third kappa shape index (κ3) is 3.68. The summed E-state index contributed by atoms with van der Waals surface area (Å²) in [4.78, 5) is 35.7. The first-order valence-corrected chi connectivity index (χ1v) is 8.18. The van der Waals surface area contributed by atoms with Gasteiger partial charge in [0.05, 0.1) is 16.8 Å². The zero-order valence-electron chi connectivity index (χ0n) is 14.4. The number of phenols is 1. The molecule has 7 nitrogen and oxygen atoms in total. The van der Waals surface area contributed by atoms with E-state index in [-0.39, 0.29) is 28.1 Å². The summed E-state index contributed by atoms with van der Waals surface area (Å²) >= 11 is 0. The Bertz CT molecular complexity index is 1090. The molecule has 0 saturated carbocycles. The number of nitrogens with one attached hydrogen (secondary N) is 1. The second-order valence-corrected chi connectivity index (χ2v) is 5.89. The molecule has 1 amide bonds. The highest BCUT2D eigenvalue weighted by Gasteiger charge is 2.19. The van der Waals surface area contributed by atoms with Gasteiger partial charge in [-0.15, -0.1) is 0 Å². The number of benzene rings is 3. The van der Waals surface area contributed by atoms with Crippen molar-refractivity contribution in [3.8, 4) is 16.9 Å². The van der Waals surface area contributed by atoms with Crippen LogP contribution in [0.4, 0.5) is 5.69 Å². The van der Waals surface area contributed by atoms with Gasteiger partial charge in [0, 0.05) is 5.56 Å². The SMILES string of the molecule is O=C(O)c1cc(O)ccc1NC(=O)c1ccccc1-c1ccccc1C(=O)O. The lowest BCUT2D eigenvalue weighted by molar-refractivity contribution is 0.0686. The van der Waals surface area contributed by atoms with Crippen molar-refractivity contribution in [1.29, 1.82) is 0 Å². The highest BCUT2D eigenvalue weighted by molar-refractivity contribution is 6.12. The third-order valence-corrected chi connectivity index (χ3v) is 4.10. The topological polar surface area (TPSA) is 124 Å². The van der Waals surface area contributed by atoms with Crippen molar-refractivity contribution in [3.05, 3.63) is 83.4 Å². The molecule has 28 heavy (non-hydrogen) atoms. The maximum Gasteiger partial charge on any atom is 0.337 e. The molecule has 0 spiro atoms. The summed E-state index contributed by atoms with van der Waals surface area (Å²) in [5.41, 5.74) is 0.728. The fourth-order valence-electron chi connectivity index (χ4n) is 2.83. The zero-order chi connectivity index (χ0) is 20.3. The maximum atomic E-state index is 12.8. The molecule has 0 saturated heterocycles. The lowest BCUT2D eigenvalue weighted by atomic mass is 9.95. The normalized spacial score (nSPS) is 10.3. The Morgan fingerprint density at radius 3 is 1.82 bits per heavy atom.